The lowest BCUT2D eigenvalue weighted by Crippen LogP contribution is -2.37. The maximum absolute atomic E-state index is 13.9. The fourth-order valence-corrected chi connectivity index (χ4v) is 7.08. The highest BCUT2D eigenvalue weighted by molar-refractivity contribution is 7.90. The number of ether oxygens (including phenoxy) is 2. The van der Waals surface area contributed by atoms with E-state index in [1.165, 1.54) is 23.5 Å². The van der Waals surface area contributed by atoms with Crippen molar-refractivity contribution in [1.29, 1.82) is 0 Å². The van der Waals surface area contributed by atoms with Crippen LogP contribution >= 0.6 is 11.3 Å². The molecule has 0 bridgehead atoms. The number of thiophene rings is 1. The Bertz CT molecular complexity index is 1730. The number of nitrogens with one attached hydrogen (secondary N) is 2. The summed E-state index contributed by atoms with van der Waals surface area (Å²) >= 11 is 1.34. The number of fused-ring (bicyclic) bond motifs is 1. The predicted octanol–water partition coefficient (Wildman–Crippen LogP) is 4.63. The first kappa shape index (κ1) is 30.7. The minimum absolute atomic E-state index is 0.0919. The zero-order chi connectivity index (χ0) is 31.1. The quantitative estimate of drug-likeness (QED) is 0.0932. The van der Waals surface area contributed by atoms with E-state index in [1.54, 1.807) is 30.3 Å². The summed E-state index contributed by atoms with van der Waals surface area (Å²) in [6, 6.07) is 10.7. The van der Waals surface area contributed by atoms with Gasteiger partial charge in [0, 0.05) is 34.3 Å². The molecule has 17 heteroatoms. The minimum Gasteiger partial charge on any atom is -0.488 e. The SMILES string of the molecule is [N-]=[N+]=NCOc1ccc(NC(=O)c2c(NC(=O)c3cc(S(=O)(=O)N=NN)ccc3N3CCOCC3)sc3c2CCCC3)cc1. The van der Waals surface area contributed by atoms with Crippen LogP contribution in [0.25, 0.3) is 10.4 Å². The number of nitrogens with zero attached hydrogens (tertiary/aromatic N) is 6. The summed E-state index contributed by atoms with van der Waals surface area (Å²) in [6.45, 7) is 1.75. The molecule has 44 heavy (non-hydrogen) atoms. The van der Waals surface area contributed by atoms with Crippen molar-refractivity contribution >= 4 is 49.6 Å². The lowest BCUT2D eigenvalue weighted by atomic mass is 9.95. The Labute approximate surface area is 256 Å². The molecule has 2 heterocycles. The van der Waals surface area contributed by atoms with Crippen molar-refractivity contribution in [3.8, 4) is 5.75 Å². The van der Waals surface area contributed by atoms with E-state index in [0.717, 1.165) is 29.7 Å². The van der Waals surface area contributed by atoms with Crippen LogP contribution in [0.4, 0.5) is 16.4 Å². The average molecular weight is 640 g/mol. The number of azide groups is 1. The van der Waals surface area contributed by atoms with E-state index in [4.69, 9.17) is 20.8 Å². The van der Waals surface area contributed by atoms with E-state index in [1.807, 2.05) is 4.90 Å². The number of benzene rings is 2. The molecule has 5 rings (SSSR count). The predicted molar refractivity (Wildman–Crippen MR) is 164 cm³/mol. The van der Waals surface area contributed by atoms with Crippen molar-refractivity contribution in [3.05, 3.63) is 74.5 Å². The van der Waals surface area contributed by atoms with E-state index in [0.29, 0.717) is 60.4 Å². The number of amides is 2. The first-order chi connectivity index (χ1) is 21.3. The molecule has 1 aromatic heterocycles. The molecule has 0 radical (unpaired) electrons. The van der Waals surface area contributed by atoms with Crippen LogP contribution in [0.1, 0.15) is 44.0 Å². The van der Waals surface area contributed by atoms with Crippen molar-refractivity contribution < 1.29 is 27.5 Å². The normalized spacial score (nSPS) is 14.9. The molecule has 0 spiro atoms. The Morgan fingerprint density at radius 1 is 1.07 bits per heavy atom. The highest BCUT2D eigenvalue weighted by Gasteiger charge is 2.29. The molecule has 0 atom stereocenters. The molecule has 0 unspecified atom stereocenters. The Hall–Kier alpha value is -4.70. The molecule has 1 aliphatic heterocycles. The molecular weight excluding hydrogens is 610 g/mol. The van der Waals surface area contributed by atoms with Crippen molar-refractivity contribution in [3.63, 3.8) is 0 Å². The van der Waals surface area contributed by atoms with E-state index in [2.05, 4.69) is 30.4 Å². The third-order valence-corrected chi connectivity index (χ3v) is 9.47. The van der Waals surface area contributed by atoms with Crippen LogP contribution in [-0.4, -0.2) is 53.3 Å². The first-order valence-electron chi connectivity index (χ1n) is 13.7. The van der Waals surface area contributed by atoms with Crippen LogP contribution in [0, 0.1) is 0 Å². The van der Waals surface area contributed by atoms with E-state index >= 15 is 0 Å². The van der Waals surface area contributed by atoms with Crippen LogP contribution in [0.2, 0.25) is 0 Å². The number of nitrogens with two attached hydrogens (primary N) is 1. The van der Waals surface area contributed by atoms with E-state index in [9.17, 15) is 18.0 Å². The van der Waals surface area contributed by atoms with Crippen LogP contribution < -0.4 is 26.1 Å². The van der Waals surface area contributed by atoms with Gasteiger partial charge in [-0.25, -0.2) is 0 Å². The smallest absolute Gasteiger partial charge is 0.301 e. The van der Waals surface area contributed by atoms with Crippen LogP contribution in [-0.2, 0) is 27.6 Å². The molecule has 3 aromatic rings. The van der Waals surface area contributed by atoms with Crippen molar-refractivity contribution in [1.82, 2.24) is 0 Å². The Kier molecular flexibility index (Phi) is 9.59. The Morgan fingerprint density at radius 3 is 2.55 bits per heavy atom. The lowest BCUT2D eigenvalue weighted by molar-refractivity contribution is 0.102. The second-order valence-electron chi connectivity index (χ2n) is 9.80. The molecule has 2 aliphatic rings. The fourth-order valence-electron chi connectivity index (χ4n) is 5.07. The summed E-state index contributed by atoms with van der Waals surface area (Å²) in [6.07, 6.45) is 3.35. The van der Waals surface area contributed by atoms with Gasteiger partial charge in [0.1, 0.15) is 10.8 Å². The monoisotopic (exact) mass is 639 g/mol. The van der Waals surface area contributed by atoms with E-state index < -0.39 is 21.8 Å². The largest absolute Gasteiger partial charge is 0.488 e. The van der Waals surface area contributed by atoms with Gasteiger partial charge in [0.2, 0.25) is 0 Å². The number of carbonyl (C=O) groups is 2. The molecule has 15 nitrogen and oxygen atoms in total. The molecule has 230 valence electrons. The number of carbonyl (C=O) groups excluding carboxylic acids is 2. The number of hydrogen-bond acceptors (Lipinski definition) is 10. The van der Waals surface area contributed by atoms with Crippen molar-refractivity contribution in [2.45, 2.75) is 30.6 Å². The topological polar surface area (TPSA) is 214 Å². The molecule has 0 saturated carbocycles. The van der Waals surface area contributed by atoms with Gasteiger partial charge in [-0.3, -0.25) is 9.59 Å². The molecule has 1 saturated heterocycles. The fraction of sp³-hybridized carbons (Fsp3) is 0.333. The van der Waals surface area contributed by atoms with Crippen molar-refractivity contribution in [2.24, 2.45) is 20.7 Å². The standard InChI is InChI=1S/C27H29N9O6S2/c28-33-30-16-42-18-7-5-17(6-8-18)31-26(38)24-20-3-1-2-4-23(20)43-27(24)32-25(37)21-15-19(44(39,40)35-34-29)9-10-22(21)36-11-13-41-14-12-36/h5-10,15H,1-4,11-14,16H2,(H2,29,35)(H,31,38)(H,32,37). The molecule has 1 aliphatic carbocycles. The summed E-state index contributed by atoms with van der Waals surface area (Å²) < 4.78 is 39.1. The maximum Gasteiger partial charge on any atom is 0.301 e. The number of hydrogen-bond donors (Lipinski definition) is 3. The van der Waals surface area contributed by atoms with Gasteiger partial charge in [0.25, 0.3) is 11.8 Å². The summed E-state index contributed by atoms with van der Waals surface area (Å²) in [5.41, 5.74) is 10.8. The van der Waals surface area contributed by atoms with Crippen LogP contribution in [0.15, 0.2) is 62.2 Å². The second-order valence-corrected chi connectivity index (χ2v) is 12.5. The van der Waals surface area contributed by atoms with Crippen LogP contribution in [0.5, 0.6) is 5.75 Å². The second kappa shape index (κ2) is 13.7. The van der Waals surface area contributed by atoms with Gasteiger partial charge in [0.15, 0.2) is 6.73 Å². The number of anilines is 3. The Morgan fingerprint density at radius 2 is 1.82 bits per heavy atom. The highest BCUT2D eigenvalue weighted by atomic mass is 32.2. The average Bonchev–Trinajstić information content (AvgIpc) is 3.40. The van der Waals surface area contributed by atoms with Gasteiger partial charge in [-0.15, -0.1) is 11.3 Å². The minimum atomic E-state index is -4.24. The van der Waals surface area contributed by atoms with Gasteiger partial charge in [0.05, 0.1) is 29.2 Å². The Balaban J connectivity index is 1.46. The number of aryl methyl sites for hydroxylation is 1. The summed E-state index contributed by atoms with van der Waals surface area (Å²) in [5, 5.41) is 12.4. The van der Waals surface area contributed by atoms with Gasteiger partial charge in [-0.2, -0.15) is 8.42 Å². The first-order valence-corrected chi connectivity index (χ1v) is 15.9. The molecular formula is C27H29N9O6S2. The molecule has 2 aromatic carbocycles. The zero-order valence-corrected chi connectivity index (χ0v) is 25.1. The molecule has 2 amide bonds. The summed E-state index contributed by atoms with van der Waals surface area (Å²) in [7, 11) is -4.24. The van der Waals surface area contributed by atoms with Gasteiger partial charge < -0.3 is 30.8 Å². The molecule has 4 N–H and O–H groups in total. The number of morpholine rings is 1. The molecule has 1 fully saturated rings. The van der Waals surface area contributed by atoms with Crippen LogP contribution in [0.3, 0.4) is 0 Å². The van der Waals surface area contributed by atoms with Gasteiger partial charge in [-0.1, -0.05) is 10.3 Å². The maximum atomic E-state index is 13.9. The zero-order valence-electron chi connectivity index (χ0n) is 23.4. The summed E-state index contributed by atoms with van der Waals surface area (Å²) in [5.74, 6) is 4.49. The summed E-state index contributed by atoms with van der Waals surface area (Å²) in [4.78, 5) is 32.9. The highest BCUT2D eigenvalue weighted by Crippen LogP contribution is 2.39. The third kappa shape index (κ3) is 6.92. The van der Waals surface area contributed by atoms with E-state index in [-0.39, 0.29) is 17.2 Å². The number of rotatable bonds is 10. The van der Waals surface area contributed by atoms with Gasteiger partial charge >= 0.3 is 10.0 Å². The number of sulfonamides is 1. The lowest BCUT2D eigenvalue weighted by Gasteiger charge is -2.30. The third-order valence-electron chi connectivity index (χ3n) is 7.11. The van der Waals surface area contributed by atoms with Gasteiger partial charge in [-0.05, 0) is 83.8 Å². The van der Waals surface area contributed by atoms with Crippen molar-refractivity contribution in [2.75, 3.05) is 48.6 Å².